The summed E-state index contributed by atoms with van der Waals surface area (Å²) in [5.74, 6) is 0.312. The average molecular weight is 310 g/mol. The van der Waals surface area contributed by atoms with Crippen LogP contribution in [0, 0.1) is 19.7 Å². The minimum Gasteiger partial charge on any atom is -0.428 e. The molecule has 0 saturated carbocycles. The summed E-state index contributed by atoms with van der Waals surface area (Å²) in [4.78, 5) is 6.54. The van der Waals surface area contributed by atoms with E-state index in [2.05, 4.69) is 4.98 Å². The Kier molecular flexibility index (Phi) is 4.15. The van der Waals surface area contributed by atoms with Gasteiger partial charge in [-0.05, 0) is 44.5 Å². The van der Waals surface area contributed by atoms with Gasteiger partial charge in [0.1, 0.15) is 17.3 Å². The first-order valence-electron chi connectivity index (χ1n) is 7.67. The third kappa shape index (κ3) is 2.84. The number of halogens is 1. The number of hydrogen-bond acceptors (Lipinski definition) is 3. The molecule has 3 aromatic rings. The van der Waals surface area contributed by atoms with Gasteiger partial charge < -0.3 is 4.42 Å². The molecular weight excluding hydrogens is 291 g/mol. The van der Waals surface area contributed by atoms with Gasteiger partial charge in [0.15, 0.2) is 0 Å². The fourth-order valence-corrected chi connectivity index (χ4v) is 2.68. The van der Waals surface area contributed by atoms with Gasteiger partial charge >= 0.3 is 6.01 Å². The van der Waals surface area contributed by atoms with Crippen molar-refractivity contribution < 1.29 is 8.81 Å². The molecule has 0 atom stereocenters. The van der Waals surface area contributed by atoms with Crippen molar-refractivity contribution in [1.82, 2.24) is 4.98 Å². The Morgan fingerprint density at radius 1 is 1.04 bits per heavy atom. The molecule has 2 aromatic carbocycles. The van der Waals surface area contributed by atoms with Crippen molar-refractivity contribution in [1.29, 1.82) is 0 Å². The molecule has 0 N–H and O–H groups in total. The second-order valence-corrected chi connectivity index (χ2v) is 5.41. The van der Waals surface area contributed by atoms with Crippen LogP contribution in [-0.2, 0) is 0 Å². The van der Waals surface area contributed by atoms with E-state index in [0.29, 0.717) is 29.6 Å². The zero-order chi connectivity index (χ0) is 16.4. The van der Waals surface area contributed by atoms with Crippen LogP contribution in [0.1, 0.15) is 18.2 Å². The van der Waals surface area contributed by atoms with Crippen molar-refractivity contribution >= 4 is 11.7 Å². The Labute approximate surface area is 135 Å². The lowest BCUT2D eigenvalue weighted by Gasteiger charge is -2.20. The predicted molar refractivity (Wildman–Crippen MR) is 90.5 cm³/mol. The van der Waals surface area contributed by atoms with E-state index in [1.165, 1.54) is 6.07 Å². The van der Waals surface area contributed by atoms with Crippen LogP contribution in [0.5, 0.6) is 0 Å². The fraction of sp³-hybridized carbons (Fsp3) is 0.211. The summed E-state index contributed by atoms with van der Waals surface area (Å²) in [7, 11) is 0. The molecule has 4 heteroatoms. The van der Waals surface area contributed by atoms with Crippen molar-refractivity contribution in [3.63, 3.8) is 0 Å². The maximum absolute atomic E-state index is 14.0. The normalized spacial score (nSPS) is 10.8. The first-order valence-corrected chi connectivity index (χ1v) is 7.67. The van der Waals surface area contributed by atoms with Gasteiger partial charge in [-0.25, -0.2) is 4.39 Å². The summed E-state index contributed by atoms with van der Waals surface area (Å²) >= 11 is 0. The molecule has 0 amide bonds. The van der Waals surface area contributed by atoms with E-state index < -0.39 is 0 Å². The number of aromatic nitrogens is 1. The molecule has 0 aliphatic heterocycles. The zero-order valence-corrected chi connectivity index (χ0v) is 13.5. The zero-order valence-electron chi connectivity index (χ0n) is 13.5. The summed E-state index contributed by atoms with van der Waals surface area (Å²) in [6.07, 6.45) is 0. The summed E-state index contributed by atoms with van der Waals surface area (Å²) in [5.41, 5.74) is 3.18. The predicted octanol–water partition coefficient (Wildman–Crippen LogP) is 5.26. The molecule has 0 radical (unpaired) electrons. The van der Waals surface area contributed by atoms with Gasteiger partial charge in [-0.15, -0.1) is 0 Å². The van der Waals surface area contributed by atoms with Gasteiger partial charge in [0.05, 0.1) is 0 Å². The van der Waals surface area contributed by atoms with E-state index in [0.717, 1.165) is 11.3 Å². The van der Waals surface area contributed by atoms with E-state index in [1.807, 2.05) is 49.9 Å². The Morgan fingerprint density at radius 3 is 2.43 bits per heavy atom. The molecular formula is C19H19FN2O. The molecule has 0 aliphatic rings. The molecule has 0 saturated heterocycles. The van der Waals surface area contributed by atoms with Gasteiger partial charge in [0.2, 0.25) is 0 Å². The number of anilines is 2. The standard InChI is InChI=1S/C19H19FN2O/c1-4-22(17-12-8-5-9-13(17)2)19-21-18(14(3)23-19)15-10-6-7-11-16(15)20/h5-12H,4H2,1-3H3. The lowest BCUT2D eigenvalue weighted by molar-refractivity contribution is 0.526. The third-order valence-electron chi connectivity index (χ3n) is 3.87. The van der Waals surface area contributed by atoms with Gasteiger partial charge in [-0.1, -0.05) is 30.3 Å². The fourth-order valence-electron chi connectivity index (χ4n) is 2.68. The molecule has 0 fully saturated rings. The van der Waals surface area contributed by atoms with Crippen LogP contribution in [-0.4, -0.2) is 11.5 Å². The van der Waals surface area contributed by atoms with E-state index in [-0.39, 0.29) is 5.82 Å². The molecule has 23 heavy (non-hydrogen) atoms. The number of benzene rings is 2. The molecule has 0 aliphatic carbocycles. The molecule has 1 heterocycles. The first kappa shape index (κ1) is 15.3. The minimum atomic E-state index is -0.297. The summed E-state index contributed by atoms with van der Waals surface area (Å²) in [5, 5.41) is 0. The first-order chi connectivity index (χ1) is 11.1. The Hall–Kier alpha value is -2.62. The highest BCUT2D eigenvalue weighted by Crippen LogP contribution is 2.33. The Balaban J connectivity index is 2.06. The van der Waals surface area contributed by atoms with Crippen molar-refractivity contribution in [2.75, 3.05) is 11.4 Å². The summed E-state index contributed by atoms with van der Waals surface area (Å²) < 4.78 is 19.9. The smallest absolute Gasteiger partial charge is 0.302 e. The van der Waals surface area contributed by atoms with Gasteiger partial charge in [0, 0.05) is 17.8 Å². The van der Waals surface area contributed by atoms with Crippen LogP contribution >= 0.6 is 0 Å². The van der Waals surface area contributed by atoms with Gasteiger partial charge in [0.25, 0.3) is 0 Å². The maximum Gasteiger partial charge on any atom is 0.302 e. The van der Waals surface area contributed by atoms with E-state index >= 15 is 0 Å². The van der Waals surface area contributed by atoms with Crippen molar-refractivity contribution in [3.05, 3.63) is 65.7 Å². The average Bonchev–Trinajstić information content (AvgIpc) is 2.92. The van der Waals surface area contributed by atoms with Gasteiger partial charge in [-0.3, -0.25) is 4.90 Å². The second-order valence-electron chi connectivity index (χ2n) is 5.41. The second kappa shape index (κ2) is 6.24. The Morgan fingerprint density at radius 2 is 1.74 bits per heavy atom. The quantitative estimate of drug-likeness (QED) is 0.658. The number of rotatable bonds is 4. The molecule has 3 nitrogen and oxygen atoms in total. The highest BCUT2D eigenvalue weighted by Gasteiger charge is 2.20. The topological polar surface area (TPSA) is 29.3 Å². The number of para-hydroxylation sites is 1. The third-order valence-corrected chi connectivity index (χ3v) is 3.87. The maximum atomic E-state index is 14.0. The minimum absolute atomic E-state index is 0.297. The van der Waals surface area contributed by atoms with Crippen molar-refractivity contribution in [2.45, 2.75) is 20.8 Å². The van der Waals surface area contributed by atoms with Crippen LogP contribution in [0.15, 0.2) is 52.9 Å². The molecule has 1 aromatic heterocycles. The lowest BCUT2D eigenvalue weighted by Crippen LogP contribution is -2.17. The molecule has 3 rings (SSSR count). The lowest BCUT2D eigenvalue weighted by atomic mass is 10.1. The largest absolute Gasteiger partial charge is 0.428 e. The van der Waals surface area contributed by atoms with Crippen LogP contribution in [0.25, 0.3) is 11.3 Å². The van der Waals surface area contributed by atoms with Crippen LogP contribution in [0.3, 0.4) is 0 Å². The molecule has 118 valence electrons. The van der Waals surface area contributed by atoms with E-state index in [4.69, 9.17) is 4.42 Å². The SMILES string of the molecule is CCN(c1nc(-c2ccccc2F)c(C)o1)c1ccccc1C. The van der Waals surface area contributed by atoms with Crippen molar-refractivity contribution in [2.24, 2.45) is 0 Å². The highest BCUT2D eigenvalue weighted by atomic mass is 19.1. The molecule has 0 unspecified atom stereocenters. The molecule has 0 bridgehead atoms. The van der Waals surface area contributed by atoms with E-state index in [1.54, 1.807) is 18.2 Å². The Bertz CT molecular complexity index is 826. The number of hydrogen-bond donors (Lipinski definition) is 0. The highest BCUT2D eigenvalue weighted by molar-refractivity contribution is 5.66. The number of oxazole rings is 1. The number of nitrogens with zero attached hydrogens (tertiary/aromatic N) is 2. The summed E-state index contributed by atoms with van der Waals surface area (Å²) in [6.45, 7) is 6.60. The molecule has 0 spiro atoms. The summed E-state index contributed by atoms with van der Waals surface area (Å²) in [6, 6.07) is 15.2. The van der Waals surface area contributed by atoms with Crippen LogP contribution < -0.4 is 4.90 Å². The van der Waals surface area contributed by atoms with Crippen LogP contribution in [0.2, 0.25) is 0 Å². The van der Waals surface area contributed by atoms with E-state index in [9.17, 15) is 4.39 Å². The monoisotopic (exact) mass is 310 g/mol. The van der Waals surface area contributed by atoms with Gasteiger partial charge in [-0.2, -0.15) is 4.98 Å². The van der Waals surface area contributed by atoms with Crippen molar-refractivity contribution in [3.8, 4) is 11.3 Å². The number of aryl methyl sites for hydroxylation is 2. The van der Waals surface area contributed by atoms with Crippen LogP contribution in [0.4, 0.5) is 16.1 Å².